The Morgan fingerprint density at radius 3 is 2.59 bits per heavy atom. The van der Waals surface area contributed by atoms with Crippen molar-refractivity contribution in [2.24, 2.45) is 5.92 Å². The van der Waals surface area contributed by atoms with Crippen LogP contribution in [0.1, 0.15) is 30.6 Å². The maximum Gasteiger partial charge on any atom is 0.326 e. The van der Waals surface area contributed by atoms with Gasteiger partial charge in [0.2, 0.25) is 0 Å². The molecular weight excluding hydrogens is 290 g/mol. The molecule has 1 aromatic heterocycles. The lowest BCUT2D eigenvalue weighted by Gasteiger charge is -2.15. The second-order valence-corrected chi connectivity index (χ2v) is 4.82. The molecule has 0 aliphatic carbocycles. The minimum atomic E-state index is -1.04. The van der Waals surface area contributed by atoms with Gasteiger partial charge in [0.25, 0.3) is 5.91 Å². The van der Waals surface area contributed by atoms with E-state index in [0.717, 1.165) is 0 Å². The molecule has 1 aromatic rings. The zero-order valence-electron chi connectivity index (χ0n) is 9.57. The van der Waals surface area contributed by atoms with Crippen LogP contribution in [0.15, 0.2) is 21.4 Å². The zero-order valence-corrected chi connectivity index (χ0v) is 11.2. The van der Waals surface area contributed by atoms with Gasteiger partial charge in [0, 0.05) is 0 Å². The van der Waals surface area contributed by atoms with Crippen LogP contribution in [0.25, 0.3) is 0 Å². The van der Waals surface area contributed by atoms with Crippen LogP contribution in [0.2, 0.25) is 0 Å². The van der Waals surface area contributed by atoms with Crippen LogP contribution in [-0.2, 0) is 4.79 Å². The molecule has 0 aromatic carbocycles. The third-order valence-corrected chi connectivity index (χ3v) is 2.79. The molecule has 0 spiro atoms. The summed E-state index contributed by atoms with van der Waals surface area (Å²) in [6, 6.07) is 0.595. The van der Waals surface area contributed by atoms with Gasteiger partial charge in [0.1, 0.15) is 6.04 Å². The largest absolute Gasteiger partial charge is 0.480 e. The first-order valence-corrected chi connectivity index (χ1v) is 5.97. The Morgan fingerprint density at radius 1 is 1.53 bits per heavy atom. The molecule has 2 N–H and O–H groups in total. The Balaban J connectivity index is 2.71. The van der Waals surface area contributed by atoms with Crippen molar-refractivity contribution >= 4 is 27.8 Å². The van der Waals surface area contributed by atoms with Crippen LogP contribution in [-0.4, -0.2) is 23.0 Å². The Morgan fingerprint density at radius 2 is 2.18 bits per heavy atom. The van der Waals surface area contributed by atoms with E-state index in [9.17, 15) is 9.59 Å². The van der Waals surface area contributed by atoms with Gasteiger partial charge in [-0.15, -0.1) is 0 Å². The van der Waals surface area contributed by atoms with E-state index in [-0.39, 0.29) is 5.92 Å². The Kier molecular flexibility index (Phi) is 4.74. The summed E-state index contributed by atoms with van der Waals surface area (Å²) < 4.78 is 5.21. The maximum atomic E-state index is 11.8. The number of hydrogen-bond acceptors (Lipinski definition) is 3. The zero-order chi connectivity index (χ0) is 13.0. The highest BCUT2D eigenvalue weighted by molar-refractivity contribution is 9.10. The molecule has 1 unspecified atom stereocenters. The molecule has 0 radical (unpaired) electrons. The number of carboxylic acid groups (broad SMARTS) is 1. The number of nitrogens with one attached hydrogen (secondary N) is 1. The van der Waals surface area contributed by atoms with Gasteiger partial charge in [0.15, 0.2) is 4.67 Å². The molecule has 17 heavy (non-hydrogen) atoms. The summed E-state index contributed by atoms with van der Waals surface area (Å²) >= 11 is 3.07. The number of carbonyl (C=O) groups excluding carboxylic acids is 1. The number of aliphatic carboxylic acids is 1. The number of hydrogen-bond donors (Lipinski definition) is 2. The molecule has 0 bridgehead atoms. The van der Waals surface area contributed by atoms with E-state index in [1.807, 2.05) is 13.8 Å². The highest BCUT2D eigenvalue weighted by Gasteiger charge is 2.23. The molecule has 1 rings (SSSR count). The van der Waals surface area contributed by atoms with Crippen LogP contribution >= 0.6 is 15.9 Å². The second-order valence-electron chi connectivity index (χ2n) is 4.10. The molecule has 94 valence electrons. The van der Waals surface area contributed by atoms with E-state index in [1.54, 1.807) is 0 Å². The summed E-state index contributed by atoms with van der Waals surface area (Å²) in [5.41, 5.74) is 0.292. The molecule has 5 nitrogen and oxygen atoms in total. The summed E-state index contributed by atoms with van der Waals surface area (Å²) in [5.74, 6) is -1.31. The van der Waals surface area contributed by atoms with Gasteiger partial charge in [0.05, 0.1) is 11.8 Å². The maximum absolute atomic E-state index is 11.8. The van der Waals surface area contributed by atoms with Crippen LogP contribution in [0.5, 0.6) is 0 Å². The minimum absolute atomic E-state index is 0.184. The van der Waals surface area contributed by atoms with Gasteiger partial charge < -0.3 is 14.8 Å². The van der Waals surface area contributed by atoms with Crippen molar-refractivity contribution in [1.29, 1.82) is 0 Å². The van der Waals surface area contributed by atoms with Crippen LogP contribution < -0.4 is 5.32 Å². The first-order chi connectivity index (χ1) is 7.91. The van der Waals surface area contributed by atoms with Crippen molar-refractivity contribution in [2.45, 2.75) is 26.3 Å². The molecular formula is C11H14BrNO4. The lowest BCUT2D eigenvalue weighted by atomic mass is 10.0. The van der Waals surface area contributed by atoms with Crippen molar-refractivity contribution in [3.05, 3.63) is 22.6 Å². The summed E-state index contributed by atoms with van der Waals surface area (Å²) in [4.78, 5) is 22.7. The van der Waals surface area contributed by atoms with E-state index < -0.39 is 17.9 Å². The Labute approximate surface area is 107 Å². The molecule has 1 atom stereocenters. The van der Waals surface area contributed by atoms with Gasteiger partial charge in [-0.1, -0.05) is 13.8 Å². The van der Waals surface area contributed by atoms with E-state index in [0.29, 0.717) is 16.7 Å². The lowest BCUT2D eigenvalue weighted by Crippen LogP contribution is -2.41. The Hall–Kier alpha value is -1.30. The summed E-state index contributed by atoms with van der Waals surface area (Å²) in [6.45, 7) is 3.80. The third kappa shape index (κ3) is 3.89. The van der Waals surface area contributed by atoms with Gasteiger partial charge in [-0.25, -0.2) is 4.79 Å². The van der Waals surface area contributed by atoms with Crippen LogP contribution in [0.4, 0.5) is 0 Å². The average Bonchev–Trinajstić information content (AvgIpc) is 2.62. The molecule has 0 saturated heterocycles. The number of amides is 1. The summed E-state index contributed by atoms with van der Waals surface area (Å²) in [6.07, 6.45) is 1.74. The standard InChI is InChI=1S/C11H14BrNO4/c1-6(2)5-8(11(15)16)13-10(14)7-3-4-17-9(7)12/h3-4,6,8H,5H2,1-2H3,(H,13,14)(H,15,16). The van der Waals surface area contributed by atoms with E-state index in [2.05, 4.69) is 21.2 Å². The van der Waals surface area contributed by atoms with Gasteiger partial charge in [-0.3, -0.25) is 4.79 Å². The van der Waals surface area contributed by atoms with E-state index >= 15 is 0 Å². The SMILES string of the molecule is CC(C)CC(NC(=O)c1ccoc1Br)C(=O)O. The molecule has 6 heteroatoms. The van der Waals surface area contributed by atoms with E-state index in [4.69, 9.17) is 9.52 Å². The number of carboxylic acids is 1. The molecule has 0 aliphatic rings. The molecule has 1 heterocycles. The fraction of sp³-hybridized carbons (Fsp3) is 0.455. The predicted octanol–water partition coefficient (Wildman–Crippen LogP) is 2.27. The predicted molar refractivity (Wildman–Crippen MR) is 64.8 cm³/mol. The van der Waals surface area contributed by atoms with Crippen LogP contribution in [0, 0.1) is 5.92 Å². The lowest BCUT2D eigenvalue weighted by molar-refractivity contribution is -0.139. The number of rotatable bonds is 5. The first kappa shape index (κ1) is 13.8. The monoisotopic (exact) mass is 303 g/mol. The fourth-order valence-corrected chi connectivity index (χ4v) is 1.80. The normalized spacial score (nSPS) is 12.5. The highest BCUT2D eigenvalue weighted by atomic mass is 79.9. The topological polar surface area (TPSA) is 79.5 Å². The average molecular weight is 304 g/mol. The Bertz CT molecular complexity index is 413. The van der Waals surface area contributed by atoms with E-state index in [1.165, 1.54) is 12.3 Å². The van der Waals surface area contributed by atoms with Crippen molar-refractivity contribution in [1.82, 2.24) is 5.32 Å². The number of halogens is 1. The molecule has 0 saturated carbocycles. The molecule has 0 aliphatic heterocycles. The first-order valence-electron chi connectivity index (χ1n) is 5.18. The van der Waals surface area contributed by atoms with Crippen molar-refractivity contribution in [2.75, 3.05) is 0 Å². The van der Waals surface area contributed by atoms with Crippen LogP contribution in [0.3, 0.4) is 0 Å². The molecule has 1 amide bonds. The van der Waals surface area contributed by atoms with Crippen molar-refractivity contribution in [3.8, 4) is 0 Å². The highest BCUT2D eigenvalue weighted by Crippen LogP contribution is 2.17. The number of carbonyl (C=O) groups is 2. The second kappa shape index (κ2) is 5.86. The van der Waals surface area contributed by atoms with Gasteiger partial charge >= 0.3 is 5.97 Å². The van der Waals surface area contributed by atoms with Crippen molar-refractivity contribution in [3.63, 3.8) is 0 Å². The quantitative estimate of drug-likeness (QED) is 0.874. The van der Waals surface area contributed by atoms with Crippen molar-refractivity contribution < 1.29 is 19.1 Å². The summed E-state index contributed by atoms with van der Waals surface area (Å²) in [7, 11) is 0. The number of furan rings is 1. The van der Waals surface area contributed by atoms with Gasteiger partial charge in [-0.05, 0) is 34.3 Å². The molecule has 0 fully saturated rings. The van der Waals surface area contributed by atoms with Gasteiger partial charge in [-0.2, -0.15) is 0 Å². The minimum Gasteiger partial charge on any atom is -0.480 e. The summed E-state index contributed by atoms with van der Waals surface area (Å²) in [5, 5.41) is 11.5. The smallest absolute Gasteiger partial charge is 0.326 e. The fourth-order valence-electron chi connectivity index (χ4n) is 1.38. The third-order valence-electron chi connectivity index (χ3n) is 2.17.